The number of carboxylic acid groups (broad SMARTS) is 1. The van der Waals surface area contributed by atoms with Crippen molar-refractivity contribution < 1.29 is 19.4 Å². The van der Waals surface area contributed by atoms with E-state index < -0.39 is 5.97 Å². The summed E-state index contributed by atoms with van der Waals surface area (Å²) >= 11 is 0. The molecule has 1 aromatic carbocycles. The Morgan fingerprint density at radius 2 is 2.42 bits per heavy atom. The Kier molecular flexibility index (Phi) is 5.12. The molecule has 4 heteroatoms. The number of benzene rings is 1. The molecule has 1 unspecified atom stereocenters. The minimum Gasteiger partial charge on any atom is -0.478 e. The van der Waals surface area contributed by atoms with E-state index in [2.05, 4.69) is 0 Å². The average Bonchev–Trinajstić information content (AvgIpc) is 2.90. The molecule has 1 aliphatic rings. The molecule has 0 aliphatic carbocycles. The number of carbonyl (C=O) groups is 1. The molecule has 19 heavy (non-hydrogen) atoms. The van der Waals surface area contributed by atoms with Gasteiger partial charge in [0.25, 0.3) is 0 Å². The highest BCUT2D eigenvalue weighted by molar-refractivity contribution is 5.85. The number of hydrogen-bond donors (Lipinski definition) is 1. The molecule has 0 saturated carbocycles. The largest absolute Gasteiger partial charge is 0.478 e. The van der Waals surface area contributed by atoms with Crippen LogP contribution in [0.25, 0.3) is 6.08 Å². The molecular formula is C15H18O4. The van der Waals surface area contributed by atoms with E-state index in [1.54, 1.807) is 6.08 Å². The van der Waals surface area contributed by atoms with E-state index in [9.17, 15) is 4.79 Å². The van der Waals surface area contributed by atoms with Crippen LogP contribution in [0.15, 0.2) is 30.3 Å². The Bertz CT molecular complexity index is 447. The third-order valence-corrected chi connectivity index (χ3v) is 3.02. The van der Waals surface area contributed by atoms with E-state index in [1.165, 1.54) is 0 Å². The molecule has 1 atom stereocenters. The molecule has 0 aromatic heterocycles. The maximum atomic E-state index is 10.5. The summed E-state index contributed by atoms with van der Waals surface area (Å²) in [5.74, 6) is -0.432. The van der Waals surface area contributed by atoms with Crippen LogP contribution in [0.3, 0.4) is 0 Å². The smallest absolute Gasteiger partial charge is 0.328 e. The number of rotatable bonds is 6. The van der Waals surface area contributed by atoms with E-state index in [4.69, 9.17) is 14.6 Å². The highest BCUT2D eigenvalue weighted by Gasteiger charge is 2.15. The van der Waals surface area contributed by atoms with Gasteiger partial charge in [0.2, 0.25) is 0 Å². The summed E-state index contributed by atoms with van der Waals surface area (Å²) in [6.07, 6.45) is 3.79. The minimum atomic E-state index is -0.942. The Hall–Kier alpha value is -1.65. The summed E-state index contributed by atoms with van der Waals surface area (Å²) in [6, 6.07) is 7.68. The molecule has 102 valence electrons. The first-order valence-corrected chi connectivity index (χ1v) is 6.39. The predicted molar refractivity (Wildman–Crippen MR) is 71.7 cm³/mol. The molecule has 0 radical (unpaired) electrons. The molecule has 1 aromatic rings. The van der Waals surface area contributed by atoms with Crippen molar-refractivity contribution in [3.05, 3.63) is 41.5 Å². The number of aliphatic carboxylic acids is 1. The molecule has 1 heterocycles. The van der Waals surface area contributed by atoms with Gasteiger partial charge in [0.15, 0.2) is 0 Å². The summed E-state index contributed by atoms with van der Waals surface area (Å²) < 4.78 is 11.0. The standard InChI is InChI=1S/C15H18O4/c16-15(17)5-4-12-2-1-3-13(8-12)9-19-11-14-6-7-18-10-14/h1-5,8,14H,6-7,9-11H2,(H,16,17)/b5-4+. The lowest BCUT2D eigenvalue weighted by atomic mass is 10.1. The van der Waals surface area contributed by atoms with Crippen molar-refractivity contribution in [3.63, 3.8) is 0 Å². The lowest BCUT2D eigenvalue weighted by Crippen LogP contribution is -2.09. The first kappa shape index (κ1) is 13.8. The second-order valence-electron chi connectivity index (χ2n) is 4.66. The zero-order valence-electron chi connectivity index (χ0n) is 10.7. The van der Waals surface area contributed by atoms with Crippen LogP contribution in [0.5, 0.6) is 0 Å². The lowest BCUT2D eigenvalue weighted by molar-refractivity contribution is -0.131. The Morgan fingerprint density at radius 1 is 1.53 bits per heavy atom. The molecule has 2 rings (SSSR count). The van der Waals surface area contributed by atoms with Gasteiger partial charge in [0.1, 0.15) is 0 Å². The summed E-state index contributed by atoms with van der Waals surface area (Å²) in [5, 5.41) is 8.58. The molecular weight excluding hydrogens is 244 g/mol. The average molecular weight is 262 g/mol. The van der Waals surface area contributed by atoms with Crippen LogP contribution in [-0.2, 0) is 20.9 Å². The van der Waals surface area contributed by atoms with E-state index in [1.807, 2.05) is 24.3 Å². The maximum Gasteiger partial charge on any atom is 0.328 e. The quantitative estimate of drug-likeness (QED) is 0.799. The fourth-order valence-electron chi connectivity index (χ4n) is 2.01. The molecule has 4 nitrogen and oxygen atoms in total. The summed E-state index contributed by atoms with van der Waals surface area (Å²) in [4.78, 5) is 10.5. The van der Waals surface area contributed by atoms with Crippen LogP contribution in [0.2, 0.25) is 0 Å². The fourth-order valence-corrected chi connectivity index (χ4v) is 2.01. The lowest BCUT2D eigenvalue weighted by Gasteiger charge is -2.09. The molecule has 1 fully saturated rings. The van der Waals surface area contributed by atoms with Crippen molar-refractivity contribution in [2.45, 2.75) is 13.0 Å². The third-order valence-electron chi connectivity index (χ3n) is 3.02. The van der Waals surface area contributed by atoms with E-state index in [-0.39, 0.29) is 0 Å². The van der Waals surface area contributed by atoms with Gasteiger partial charge in [-0.25, -0.2) is 4.79 Å². The van der Waals surface area contributed by atoms with Crippen molar-refractivity contribution in [2.75, 3.05) is 19.8 Å². The highest BCUT2D eigenvalue weighted by Crippen LogP contribution is 2.14. The summed E-state index contributed by atoms with van der Waals surface area (Å²) in [6.45, 7) is 2.89. The van der Waals surface area contributed by atoms with Crippen molar-refractivity contribution >= 4 is 12.0 Å². The summed E-state index contributed by atoms with van der Waals surface area (Å²) in [7, 11) is 0. The van der Waals surface area contributed by atoms with Gasteiger partial charge in [0, 0.05) is 18.6 Å². The second kappa shape index (κ2) is 7.07. The van der Waals surface area contributed by atoms with Gasteiger partial charge >= 0.3 is 5.97 Å². The van der Waals surface area contributed by atoms with Crippen LogP contribution in [0.4, 0.5) is 0 Å². The van der Waals surface area contributed by atoms with Crippen LogP contribution >= 0.6 is 0 Å². The van der Waals surface area contributed by atoms with Crippen LogP contribution in [0.1, 0.15) is 17.5 Å². The highest BCUT2D eigenvalue weighted by atomic mass is 16.5. The SMILES string of the molecule is O=C(O)/C=C/c1cccc(COCC2CCOC2)c1. The normalized spacial score (nSPS) is 19.1. The van der Waals surface area contributed by atoms with Crippen LogP contribution in [-0.4, -0.2) is 30.9 Å². The molecule has 1 aliphatic heterocycles. The molecule has 0 spiro atoms. The fraction of sp³-hybridized carbons (Fsp3) is 0.400. The first-order chi connectivity index (χ1) is 9.24. The van der Waals surface area contributed by atoms with Crippen LogP contribution in [0, 0.1) is 5.92 Å². The van der Waals surface area contributed by atoms with Crippen molar-refractivity contribution in [3.8, 4) is 0 Å². The van der Waals surface area contributed by atoms with Crippen LogP contribution < -0.4 is 0 Å². The Balaban J connectivity index is 1.82. The van der Waals surface area contributed by atoms with Gasteiger partial charge in [-0.3, -0.25) is 0 Å². The van der Waals surface area contributed by atoms with Gasteiger partial charge in [-0.2, -0.15) is 0 Å². The Morgan fingerprint density at radius 3 is 3.16 bits per heavy atom. The summed E-state index contributed by atoms with van der Waals surface area (Å²) in [5.41, 5.74) is 1.92. The van der Waals surface area contributed by atoms with E-state index in [0.29, 0.717) is 12.5 Å². The zero-order chi connectivity index (χ0) is 13.5. The topological polar surface area (TPSA) is 55.8 Å². The maximum absolute atomic E-state index is 10.5. The molecule has 0 amide bonds. The number of hydrogen-bond acceptors (Lipinski definition) is 3. The number of carboxylic acids is 1. The minimum absolute atomic E-state index is 0.509. The van der Waals surface area contributed by atoms with E-state index >= 15 is 0 Å². The van der Waals surface area contributed by atoms with Gasteiger partial charge in [-0.1, -0.05) is 18.2 Å². The Labute approximate surface area is 112 Å². The van der Waals surface area contributed by atoms with Gasteiger partial charge < -0.3 is 14.6 Å². The van der Waals surface area contributed by atoms with Crippen molar-refractivity contribution in [1.29, 1.82) is 0 Å². The predicted octanol–water partition coefficient (Wildman–Crippen LogP) is 2.34. The first-order valence-electron chi connectivity index (χ1n) is 6.39. The third kappa shape index (κ3) is 4.85. The molecule has 1 saturated heterocycles. The van der Waals surface area contributed by atoms with Crippen molar-refractivity contribution in [1.82, 2.24) is 0 Å². The zero-order valence-corrected chi connectivity index (χ0v) is 10.7. The van der Waals surface area contributed by atoms with E-state index in [0.717, 1.165) is 43.4 Å². The van der Waals surface area contributed by atoms with Gasteiger partial charge in [-0.05, 0) is 29.7 Å². The molecule has 0 bridgehead atoms. The van der Waals surface area contributed by atoms with Gasteiger partial charge in [0.05, 0.1) is 19.8 Å². The van der Waals surface area contributed by atoms with Gasteiger partial charge in [-0.15, -0.1) is 0 Å². The second-order valence-corrected chi connectivity index (χ2v) is 4.66. The molecule has 1 N–H and O–H groups in total. The number of ether oxygens (including phenoxy) is 2. The van der Waals surface area contributed by atoms with Crippen molar-refractivity contribution in [2.24, 2.45) is 5.92 Å². The monoisotopic (exact) mass is 262 g/mol.